The third kappa shape index (κ3) is 3.39. The first-order chi connectivity index (χ1) is 13.3. The number of pyridine rings is 1. The molecule has 0 bridgehead atoms. The Hall–Kier alpha value is -2.41. The normalized spacial score (nSPS) is 25.5. The van der Waals surface area contributed by atoms with Gasteiger partial charge in [0.25, 0.3) is 0 Å². The lowest BCUT2D eigenvalue weighted by Gasteiger charge is -2.38. The molecule has 1 amide bonds. The molecule has 1 spiro atoms. The second-order valence-corrected chi connectivity index (χ2v) is 7.69. The number of aromatic nitrogens is 1. The number of nitrogens with zero attached hydrogens (tertiary/aromatic N) is 2. The highest BCUT2D eigenvalue weighted by Gasteiger charge is 2.48. The van der Waals surface area contributed by atoms with E-state index in [0.717, 1.165) is 55.6 Å². The van der Waals surface area contributed by atoms with Crippen LogP contribution >= 0.6 is 0 Å². The fourth-order valence-corrected chi connectivity index (χ4v) is 4.32. The van der Waals surface area contributed by atoms with Crippen molar-refractivity contribution in [3.63, 3.8) is 0 Å². The van der Waals surface area contributed by atoms with Crippen molar-refractivity contribution < 1.29 is 18.0 Å². The summed E-state index contributed by atoms with van der Waals surface area (Å²) in [6, 6.07) is 8.79. The van der Waals surface area contributed by atoms with E-state index in [-0.39, 0.29) is 11.9 Å². The van der Waals surface area contributed by atoms with Crippen LogP contribution in [0.25, 0.3) is 11.1 Å². The maximum atomic E-state index is 12.8. The number of benzene rings is 1. The number of rotatable bonds is 2. The van der Waals surface area contributed by atoms with E-state index in [2.05, 4.69) is 10.3 Å². The monoisotopic (exact) mass is 389 g/mol. The Morgan fingerprint density at radius 3 is 2.61 bits per heavy atom. The molecular weight excluding hydrogens is 367 g/mol. The van der Waals surface area contributed by atoms with Gasteiger partial charge in [0.15, 0.2) is 0 Å². The van der Waals surface area contributed by atoms with Gasteiger partial charge in [-0.05, 0) is 61.1 Å². The van der Waals surface area contributed by atoms with Crippen LogP contribution in [-0.4, -0.2) is 34.9 Å². The van der Waals surface area contributed by atoms with E-state index in [0.29, 0.717) is 5.56 Å². The average Bonchev–Trinajstić information content (AvgIpc) is 3.11. The summed E-state index contributed by atoms with van der Waals surface area (Å²) < 4.78 is 38.3. The number of amides is 1. The Morgan fingerprint density at radius 2 is 1.89 bits per heavy atom. The van der Waals surface area contributed by atoms with Crippen molar-refractivity contribution in [2.75, 3.05) is 13.6 Å². The molecule has 0 aliphatic carbocycles. The van der Waals surface area contributed by atoms with Gasteiger partial charge in [-0.15, -0.1) is 0 Å². The van der Waals surface area contributed by atoms with Gasteiger partial charge in [-0.2, -0.15) is 13.2 Å². The van der Waals surface area contributed by atoms with Crippen LogP contribution in [-0.2, 0) is 11.0 Å². The molecule has 1 aromatic heterocycles. The number of halogens is 3. The van der Waals surface area contributed by atoms with E-state index in [9.17, 15) is 18.0 Å². The van der Waals surface area contributed by atoms with Crippen LogP contribution < -0.4 is 5.32 Å². The van der Waals surface area contributed by atoms with Gasteiger partial charge in [-0.3, -0.25) is 15.1 Å². The van der Waals surface area contributed by atoms with Crippen molar-refractivity contribution in [2.45, 2.75) is 43.4 Å². The van der Waals surface area contributed by atoms with E-state index in [1.54, 1.807) is 17.2 Å². The Labute approximate surface area is 161 Å². The summed E-state index contributed by atoms with van der Waals surface area (Å²) in [6.07, 6.45) is 0.704. The largest absolute Gasteiger partial charge is 0.416 e. The number of nitrogens with one attached hydrogen (secondary N) is 1. The standard InChI is InChI=1S/C21H22F3N3O/c1-27-12-2-9-20(19(27)28)10-7-17(26-20)18-13-15(8-11-25-18)14-3-5-16(6-4-14)21(22,23)24/h3-6,8,11,13,17,26H,2,7,9-10,12H2,1H3. The van der Waals surface area contributed by atoms with E-state index < -0.39 is 17.3 Å². The van der Waals surface area contributed by atoms with Gasteiger partial charge in [0.05, 0.1) is 22.8 Å². The molecule has 148 valence electrons. The molecule has 7 heteroatoms. The van der Waals surface area contributed by atoms with Crippen LogP contribution in [0.1, 0.15) is 43.0 Å². The molecule has 0 radical (unpaired) electrons. The van der Waals surface area contributed by atoms with Crippen molar-refractivity contribution in [1.29, 1.82) is 0 Å². The van der Waals surface area contributed by atoms with Crippen molar-refractivity contribution in [2.24, 2.45) is 0 Å². The Balaban J connectivity index is 1.56. The molecule has 0 saturated carbocycles. The number of likely N-dealkylation sites (N-methyl/N-ethyl adjacent to an activating group) is 1. The van der Waals surface area contributed by atoms with Gasteiger partial charge >= 0.3 is 6.18 Å². The lowest BCUT2D eigenvalue weighted by atomic mass is 9.87. The minimum absolute atomic E-state index is 0.0372. The van der Waals surface area contributed by atoms with E-state index in [1.807, 2.05) is 13.1 Å². The first-order valence-electron chi connectivity index (χ1n) is 9.45. The van der Waals surface area contributed by atoms with Gasteiger partial charge in [0.2, 0.25) is 5.91 Å². The molecule has 3 heterocycles. The zero-order valence-corrected chi connectivity index (χ0v) is 15.6. The lowest BCUT2D eigenvalue weighted by Crippen LogP contribution is -2.57. The second kappa shape index (κ2) is 6.88. The second-order valence-electron chi connectivity index (χ2n) is 7.69. The maximum Gasteiger partial charge on any atom is 0.416 e. The summed E-state index contributed by atoms with van der Waals surface area (Å²) >= 11 is 0. The Morgan fingerprint density at radius 1 is 1.14 bits per heavy atom. The zero-order chi connectivity index (χ0) is 19.9. The summed E-state index contributed by atoms with van der Waals surface area (Å²) in [5, 5.41) is 3.51. The molecule has 1 aromatic carbocycles. The molecule has 2 aromatic rings. The van der Waals surface area contributed by atoms with Crippen molar-refractivity contribution in [3.8, 4) is 11.1 Å². The highest BCUT2D eigenvalue weighted by molar-refractivity contribution is 5.87. The number of carbonyl (C=O) groups is 1. The van der Waals surface area contributed by atoms with Crippen LogP contribution in [0.3, 0.4) is 0 Å². The Bertz CT molecular complexity index is 881. The topological polar surface area (TPSA) is 45.2 Å². The van der Waals surface area contributed by atoms with Crippen LogP contribution in [0.2, 0.25) is 0 Å². The maximum absolute atomic E-state index is 12.8. The predicted octanol–water partition coefficient (Wildman–Crippen LogP) is 4.18. The van der Waals surface area contributed by atoms with Crippen LogP contribution in [0, 0.1) is 0 Å². The molecular formula is C21H22F3N3O. The quantitative estimate of drug-likeness (QED) is 0.838. The number of hydrogen-bond acceptors (Lipinski definition) is 3. The molecule has 2 saturated heterocycles. The van der Waals surface area contributed by atoms with Gasteiger partial charge in [-0.25, -0.2) is 0 Å². The summed E-state index contributed by atoms with van der Waals surface area (Å²) in [7, 11) is 1.84. The van der Waals surface area contributed by atoms with Gasteiger partial charge in [-0.1, -0.05) is 12.1 Å². The summed E-state index contributed by atoms with van der Waals surface area (Å²) in [6.45, 7) is 0.786. The highest BCUT2D eigenvalue weighted by atomic mass is 19.4. The molecule has 2 unspecified atom stereocenters. The predicted molar refractivity (Wildman–Crippen MR) is 99.4 cm³/mol. The minimum atomic E-state index is -4.34. The van der Waals surface area contributed by atoms with Gasteiger partial charge in [0, 0.05) is 19.8 Å². The van der Waals surface area contributed by atoms with Crippen molar-refractivity contribution >= 4 is 5.91 Å². The fraction of sp³-hybridized carbons (Fsp3) is 0.429. The molecule has 2 atom stereocenters. The van der Waals surface area contributed by atoms with Crippen molar-refractivity contribution in [3.05, 3.63) is 53.9 Å². The molecule has 1 N–H and O–H groups in total. The third-order valence-electron chi connectivity index (χ3n) is 5.85. The average molecular weight is 389 g/mol. The molecule has 28 heavy (non-hydrogen) atoms. The SMILES string of the molecule is CN1CCCC2(CCC(c3cc(-c4ccc(C(F)(F)F)cc4)ccn3)N2)C1=O. The molecule has 4 rings (SSSR count). The number of carbonyl (C=O) groups excluding carboxylic acids is 1. The van der Waals surface area contributed by atoms with Crippen LogP contribution in [0.15, 0.2) is 42.6 Å². The minimum Gasteiger partial charge on any atom is -0.344 e. The third-order valence-corrected chi connectivity index (χ3v) is 5.85. The number of alkyl halides is 3. The first-order valence-corrected chi connectivity index (χ1v) is 9.45. The lowest BCUT2D eigenvalue weighted by molar-refractivity contribution is -0.140. The molecule has 4 nitrogen and oxygen atoms in total. The van der Waals surface area contributed by atoms with E-state index in [1.165, 1.54) is 12.1 Å². The van der Waals surface area contributed by atoms with E-state index >= 15 is 0 Å². The van der Waals surface area contributed by atoms with Gasteiger partial charge < -0.3 is 4.90 Å². The summed E-state index contributed by atoms with van der Waals surface area (Å²) in [5.74, 6) is 0.139. The summed E-state index contributed by atoms with van der Waals surface area (Å²) in [5.41, 5.74) is 1.16. The van der Waals surface area contributed by atoms with Crippen LogP contribution in [0.4, 0.5) is 13.2 Å². The number of likely N-dealkylation sites (tertiary alicyclic amines) is 1. The first kappa shape index (κ1) is 18.9. The smallest absolute Gasteiger partial charge is 0.344 e. The molecule has 2 aliphatic rings. The zero-order valence-electron chi connectivity index (χ0n) is 15.6. The fourth-order valence-electron chi connectivity index (χ4n) is 4.32. The summed E-state index contributed by atoms with van der Waals surface area (Å²) in [4.78, 5) is 18.9. The molecule has 2 fully saturated rings. The number of hydrogen-bond donors (Lipinski definition) is 1. The highest BCUT2D eigenvalue weighted by Crippen LogP contribution is 2.39. The van der Waals surface area contributed by atoms with Crippen molar-refractivity contribution in [1.82, 2.24) is 15.2 Å². The van der Waals surface area contributed by atoms with E-state index in [4.69, 9.17) is 0 Å². The molecule has 2 aliphatic heterocycles. The van der Waals surface area contributed by atoms with Crippen LogP contribution in [0.5, 0.6) is 0 Å². The Kier molecular flexibility index (Phi) is 4.65. The number of piperidine rings is 1. The van der Waals surface area contributed by atoms with Gasteiger partial charge in [0.1, 0.15) is 0 Å².